The zero-order valence-electron chi connectivity index (χ0n) is 9.94. The van der Waals surface area contributed by atoms with Gasteiger partial charge in [-0.1, -0.05) is 11.6 Å². The summed E-state index contributed by atoms with van der Waals surface area (Å²) in [6.45, 7) is 2.65. The fourth-order valence-corrected chi connectivity index (χ4v) is 1.89. The van der Waals surface area contributed by atoms with Crippen LogP contribution >= 0.6 is 11.6 Å². The van der Waals surface area contributed by atoms with E-state index in [1.807, 2.05) is 37.3 Å². The van der Waals surface area contributed by atoms with E-state index in [0.29, 0.717) is 12.2 Å². The van der Waals surface area contributed by atoms with E-state index in [9.17, 15) is 0 Å². The molecule has 0 aliphatic rings. The summed E-state index contributed by atoms with van der Waals surface area (Å²) < 4.78 is 0. The van der Waals surface area contributed by atoms with Crippen LogP contribution in [0.25, 0.3) is 0 Å². The van der Waals surface area contributed by atoms with E-state index < -0.39 is 0 Å². The molecule has 1 heterocycles. The van der Waals surface area contributed by atoms with Crippen molar-refractivity contribution in [3.05, 3.63) is 58.4 Å². The number of nitrogens with zero attached hydrogens (tertiary/aromatic N) is 2. The van der Waals surface area contributed by atoms with Gasteiger partial charge in [-0.25, -0.2) is 4.98 Å². The highest BCUT2D eigenvalue weighted by Crippen LogP contribution is 2.20. The third kappa shape index (κ3) is 2.99. The number of anilines is 1. The second-order valence-corrected chi connectivity index (χ2v) is 4.41. The van der Waals surface area contributed by atoms with Gasteiger partial charge in [0.15, 0.2) is 0 Å². The minimum Gasteiger partial charge on any atom is -0.381 e. The number of benzene rings is 1. The van der Waals surface area contributed by atoms with Gasteiger partial charge in [-0.15, -0.1) is 0 Å². The molecule has 0 atom stereocenters. The second kappa shape index (κ2) is 5.52. The van der Waals surface area contributed by atoms with E-state index in [1.165, 1.54) is 0 Å². The van der Waals surface area contributed by atoms with Crippen LogP contribution in [0, 0.1) is 18.3 Å². The number of pyridine rings is 1. The summed E-state index contributed by atoms with van der Waals surface area (Å²) in [4.78, 5) is 3.94. The fraction of sp³-hybridized carbons (Fsp3) is 0.143. The highest BCUT2D eigenvalue weighted by atomic mass is 35.5. The summed E-state index contributed by atoms with van der Waals surface area (Å²) in [5, 5.41) is 12.8. The molecular weight excluding hydrogens is 246 g/mol. The first-order valence-corrected chi connectivity index (χ1v) is 5.92. The molecule has 1 N–H and O–H groups in total. The Morgan fingerprint density at radius 1 is 1.33 bits per heavy atom. The Hall–Kier alpha value is -2.05. The Balaban J connectivity index is 2.09. The number of nitriles is 1. The quantitative estimate of drug-likeness (QED) is 0.915. The van der Waals surface area contributed by atoms with Gasteiger partial charge in [0, 0.05) is 23.5 Å². The van der Waals surface area contributed by atoms with Crippen molar-refractivity contribution < 1.29 is 0 Å². The third-order valence-electron chi connectivity index (χ3n) is 2.61. The van der Waals surface area contributed by atoms with Crippen LogP contribution in [0.3, 0.4) is 0 Å². The van der Waals surface area contributed by atoms with E-state index >= 15 is 0 Å². The molecule has 0 aliphatic carbocycles. The predicted molar refractivity (Wildman–Crippen MR) is 72.5 cm³/mol. The van der Waals surface area contributed by atoms with Crippen molar-refractivity contribution in [2.45, 2.75) is 13.5 Å². The summed E-state index contributed by atoms with van der Waals surface area (Å²) in [6.07, 6.45) is 1.64. The summed E-state index contributed by atoms with van der Waals surface area (Å²) in [6, 6.07) is 11.4. The molecule has 0 aliphatic heterocycles. The van der Waals surface area contributed by atoms with Crippen molar-refractivity contribution >= 4 is 17.3 Å². The molecule has 2 rings (SSSR count). The fourth-order valence-electron chi connectivity index (χ4n) is 1.67. The summed E-state index contributed by atoms with van der Waals surface area (Å²) in [5.41, 5.74) is 3.59. The SMILES string of the molecule is Cc1cc(Cl)ccc1NCc1ccnc(C#N)c1. The van der Waals surface area contributed by atoms with Gasteiger partial charge >= 0.3 is 0 Å². The molecule has 18 heavy (non-hydrogen) atoms. The van der Waals surface area contributed by atoms with Gasteiger partial charge in [-0.2, -0.15) is 5.26 Å². The number of aromatic nitrogens is 1. The number of halogens is 1. The average Bonchev–Trinajstić information content (AvgIpc) is 2.38. The minimum absolute atomic E-state index is 0.433. The van der Waals surface area contributed by atoms with Gasteiger partial charge in [0.1, 0.15) is 11.8 Å². The van der Waals surface area contributed by atoms with Crippen molar-refractivity contribution in [1.82, 2.24) is 4.98 Å². The van der Waals surface area contributed by atoms with Crippen molar-refractivity contribution in [2.24, 2.45) is 0 Å². The molecule has 90 valence electrons. The van der Waals surface area contributed by atoms with E-state index in [-0.39, 0.29) is 0 Å². The van der Waals surface area contributed by atoms with Gasteiger partial charge in [0.2, 0.25) is 0 Å². The number of hydrogen-bond acceptors (Lipinski definition) is 3. The molecule has 4 heteroatoms. The van der Waals surface area contributed by atoms with Crippen molar-refractivity contribution in [2.75, 3.05) is 5.32 Å². The zero-order valence-corrected chi connectivity index (χ0v) is 10.7. The normalized spacial score (nSPS) is 9.83. The Kier molecular flexibility index (Phi) is 3.81. The van der Waals surface area contributed by atoms with Gasteiger partial charge in [0.25, 0.3) is 0 Å². The molecule has 1 aromatic carbocycles. The molecule has 0 saturated heterocycles. The third-order valence-corrected chi connectivity index (χ3v) is 2.85. The first-order valence-electron chi connectivity index (χ1n) is 5.54. The molecule has 0 saturated carbocycles. The van der Waals surface area contributed by atoms with Crippen molar-refractivity contribution in [3.8, 4) is 6.07 Å². The Bertz CT molecular complexity index is 602. The molecule has 2 aromatic rings. The lowest BCUT2D eigenvalue weighted by Crippen LogP contribution is -2.01. The monoisotopic (exact) mass is 257 g/mol. The van der Waals surface area contributed by atoms with Crippen LogP contribution in [0.5, 0.6) is 0 Å². The first kappa shape index (κ1) is 12.4. The van der Waals surface area contributed by atoms with Crippen LogP contribution in [0.4, 0.5) is 5.69 Å². The van der Waals surface area contributed by atoms with Crippen molar-refractivity contribution in [1.29, 1.82) is 5.26 Å². The largest absolute Gasteiger partial charge is 0.381 e. The van der Waals surface area contributed by atoms with Crippen LogP contribution in [-0.2, 0) is 6.54 Å². The Labute approximate surface area is 111 Å². The van der Waals surface area contributed by atoms with Crippen molar-refractivity contribution in [3.63, 3.8) is 0 Å². The highest BCUT2D eigenvalue weighted by Gasteiger charge is 2.00. The smallest absolute Gasteiger partial charge is 0.140 e. The summed E-state index contributed by atoms with van der Waals surface area (Å²) in [7, 11) is 0. The van der Waals surface area contributed by atoms with Gasteiger partial charge in [-0.3, -0.25) is 0 Å². The van der Waals surface area contributed by atoms with Crippen LogP contribution in [-0.4, -0.2) is 4.98 Å². The molecule has 0 bridgehead atoms. The lowest BCUT2D eigenvalue weighted by molar-refractivity contribution is 1.11. The van der Waals surface area contributed by atoms with Gasteiger partial charge in [0.05, 0.1) is 0 Å². The molecular formula is C14H12ClN3. The Morgan fingerprint density at radius 3 is 2.89 bits per heavy atom. The predicted octanol–water partition coefficient (Wildman–Crippen LogP) is 3.53. The summed E-state index contributed by atoms with van der Waals surface area (Å²) >= 11 is 5.90. The summed E-state index contributed by atoms with van der Waals surface area (Å²) in [5.74, 6) is 0. The number of nitrogens with one attached hydrogen (secondary N) is 1. The molecule has 0 spiro atoms. The lowest BCUT2D eigenvalue weighted by atomic mass is 10.2. The van der Waals surface area contributed by atoms with Crippen LogP contribution in [0.15, 0.2) is 36.5 Å². The van der Waals surface area contributed by atoms with E-state index in [2.05, 4.69) is 10.3 Å². The zero-order chi connectivity index (χ0) is 13.0. The maximum atomic E-state index is 8.77. The Morgan fingerprint density at radius 2 is 2.17 bits per heavy atom. The van der Waals surface area contributed by atoms with E-state index in [0.717, 1.165) is 21.8 Å². The maximum Gasteiger partial charge on any atom is 0.140 e. The van der Waals surface area contributed by atoms with Crippen LogP contribution in [0.1, 0.15) is 16.8 Å². The molecule has 0 amide bonds. The second-order valence-electron chi connectivity index (χ2n) is 3.97. The van der Waals surface area contributed by atoms with Gasteiger partial charge in [-0.05, 0) is 48.4 Å². The van der Waals surface area contributed by atoms with Crippen LogP contribution < -0.4 is 5.32 Å². The van der Waals surface area contributed by atoms with E-state index in [4.69, 9.17) is 16.9 Å². The number of hydrogen-bond donors (Lipinski definition) is 1. The maximum absolute atomic E-state index is 8.77. The lowest BCUT2D eigenvalue weighted by Gasteiger charge is -2.09. The van der Waals surface area contributed by atoms with Crippen LogP contribution in [0.2, 0.25) is 5.02 Å². The molecule has 3 nitrogen and oxygen atoms in total. The van der Waals surface area contributed by atoms with E-state index in [1.54, 1.807) is 12.3 Å². The molecule has 0 fully saturated rings. The van der Waals surface area contributed by atoms with Gasteiger partial charge < -0.3 is 5.32 Å². The number of aryl methyl sites for hydroxylation is 1. The molecule has 0 radical (unpaired) electrons. The topological polar surface area (TPSA) is 48.7 Å². The number of rotatable bonds is 3. The standard InChI is InChI=1S/C14H12ClN3/c1-10-6-12(15)2-3-14(10)18-9-11-4-5-17-13(7-11)8-16/h2-7,18H,9H2,1H3. The first-order chi connectivity index (χ1) is 8.69. The molecule has 1 aromatic heterocycles. The highest BCUT2D eigenvalue weighted by molar-refractivity contribution is 6.30. The average molecular weight is 258 g/mol. The molecule has 0 unspecified atom stereocenters. The minimum atomic E-state index is 0.433.